The van der Waals surface area contributed by atoms with Gasteiger partial charge in [-0.15, -0.1) is 12.4 Å². The van der Waals surface area contributed by atoms with Gasteiger partial charge in [0.2, 0.25) is 0 Å². The van der Waals surface area contributed by atoms with Crippen molar-refractivity contribution in [2.24, 2.45) is 5.73 Å². The lowest BCUT2D eigenvalue weighted by Gasteiger charge is -2.14. The molecule has 3 nitrogen and oxygen atoms in total. The van der Waals surface area contributed by atoms with Crippen molar-refractivity contribution in [3.8, 4) is 11.5 Å². The summed E-state index contributed by atoms with van der Waals surface area (Å²) in [5.74, 6) is 1.76. The summed E-state index contributed by atoms with van der Waals surface area (Å²) in [6, 6.07) is 4.10. The molecule has 92 valence electrons. The summed E-state index contributed by atoms with van der Waals surface area (Å²) in [5.41, 5.74) is 7.95. The van der Waals surface area contributed by atoms with Crippen LogP contribution in [-0.2, 0) is 6.42 Å². The number of aryl methyl sites for hydroxylation is 1. The predicted octanol–water partition coefficient (Wildman–Crippen LogP) is 2.32. The van der Waals surface area contributed by atoms with Gasteiger partial charge in [-0.3, -0.25) is 0 Å². The highest BCUT2D eigenvalue weighted by Crippen LogP contribution is 2.28. The van der Waals surface area contributed by atoms with Gasteiger partial charge in [0.15, 0.2) is 0 Å². The number of nitrogens with two attached hydrogens (primary N) is 1. The number of halogens is 1. The minimum absolute atomic E-state index is 0. The van der Waals surface area contributed by atoms with Crippen LogP contribution in [0.1, 0.15) is 18.1 Å². The van der Waals surface area contributed by atoms with Crippen LogP contribution in [0.5, 0.6) is 11.5 Å². The Morgan fingerprint density at radius 3 is 2.19 bits per heavy atom. The Morgan fingerprint density at radius 1 is 1.19 bits per heavy atom. The molecule has 0 saturated carbocycles. The van der Waals surface area contributed by atoms with Gasteiger partial charge >= 0.3 is 0 Å². The molecule has 1 atom stereocenters. The topological polar surface area (TPSA) is 44.5 Å². The average molecular weight is 246 g/mol. The van der Waals surface area contributed by atoms with Crippen LogP contribution in [-0.4, -0.2) is 20.3 Å². The van der Waals surface area contributed by atoms with Gasteiger partial charge in [0, 0.05) is 6.04 Å². The van der Waals surface area contributed by atoms with E-state index >= 15 is 0 Å². The van der Waals surface area contributed by atoms with Crippen LogP contribution >= 0.6 is 12.4 Å². The van der Waals surface area contributed by atoms with Crippen LogP contribution in [0.25, 0.3) is 0 Å². The highest BCUT2D eigenvalue weighted by molar-refractivity contribution is 5.85. The Bertz CT molecular complexity index is 340. The molecule has 0 saturated heterocycles. The number of benzene rings is 1. The van der Waals surface area contributed by atoms with Gasteiger partial charge in [-0.1, -0.05) is 0 Å². The molecular formula is C12H20ClNO2. The van der Waals surface area contributed by atoms with E-state index in [4.69, 9.17) is 15.2 Å². The minimum atomic E-state index is 0. The van der Waals surface area contributed by atoms with Crippen LogP contribution in [0.3, 0.4) is 0 Å². The summed E-state index contributed by atoms with van der Waals surface area (Å²) in [6.07, 6.45) is 0.791. The maximum Gasteiger partial charge on any atom is 0.122 e. The normalized spacial score (nSPS) is 11.6. The fourth-order valence-electron chi connectivity index (χ4n) is 1.62. The average Bonchev–Trinajstić information content (AvgIpc) is 2.19. The molecule has 0 heterocycles. The van der Waals surface area contributed by atoms with Gasteiger partial charge in [-0.2, -0.15) is 0 Å². The lowest BCUT2D eigenvalue weighted by Crippen LogP contribution is -2.18. The fraction of sp³-hybridized carbons (Fsp3) is 0.500. The van der Waals surface area contributed by atoms with Gasteiger partial charge < -0.3 is 15.2 Å². The first-order chi connectivity index (χ1) is 7.08. The third kappa shape index (κ3) is 3.58. The second-order valence-corrected chi connectivity index (χ2v) is 3.82. The second-order valence-electron chi connectivity index (χ2n) is 3.82. The quantitative estimate of drug-likeness (QED) is 0.886. The molecule has 2 N–H and O–H groups in total. The van der Waals surface area contributed by atoms with Crippen molar-refractivity contribution in [2.75, 3.05) is 14.2 Å². The molecule has 16 heavy (non-hydrogen) atoms. The number of ether oxygens (including phenoxy) is 2. The summed E-state index contributed by atoms with van der Waals surface area (Å²) in [7, 11) is 3.34. The van der Waals surface area contributed by atoms with Crippen molar-refractivity contribution >= 4 is 12.4 Å². The minimum Gasteiger partial charge on any atom is -0.496 e. The lowest BCUT2D eigenvalue weighted by molar-refractivity contribution is 0.395. The highest BCUT2D eigenvalue weighted by Gasteiger charge is 2.09. The number of rotatable bonds is 4. The number of hydrogen-bond acceptors (Lipinski definition) is 3. The molecule has 0 aliphatic carbocycles. The number of methoxy groups -OCH3 is 2. The molecule has 0 unspecified atom stereocenters. The molecule has 0 aliphatic heterocycles. The number of hydrogen-bond donors (Lipinski definition) is 1. The molecule has 0 bridgehead atoms. The first kappa shape index (κ1) is 15.1. The summed E-state index contributed by atoms with van der Waals surface area (Å²) in [4.78, 5) is 0. The monoisotopic (exact) mass is 245 g/mol. The first-order valence-corrected chi connectivity index (χ1v) is 5.05. The first-order valence-electron chi connectivity index (χ1n) is 5.05. The van der Waals surface area contributed by atoms with Crippen molar-refractivity contribution in [3.63, 3.8) is 0 Å². The summed E-state index contributed by atoms with van der Waals surface area (Å²) in [6.45, 7) is 3.97. The predicted molar refractivity (Wildman–Crippen MR) is 68.9 cm³/mol. The van der Waals surface area contributed by atoms with Crippen molar-refractivity contribution in [2.45, 2.75) is 26.3 Å². The molecule has 0 spiro atoms. The van der Waals surface area contributed by atoms with Gasteiger partial charge in [0.05, 0.1) is 14.2 Å². The highest BCUT2D eigenvalue weighted by atomic mass is 35.5. The molecule has 1 rings (SSSR count). The van der Waals surface area contributed by atoms with Crippen LogP contribution in [0.2, 0.25) is 0 Å². The Balaban J connectivity index is 0.00000225. The van der Waals surface area contributed by atoms with E-state index in [1.165, 1.54) is 0 Å². The van der Waals surface area contributed by atoms with Crippen molar-refractivity contribution < 1.29 is 9.47 Å². The summed E-state index contributed by atoms with van der Waals surface area (Å²) < 4.78 is 10.6. The Labute approximate surface area is 103 Å². The molecule has 1 aromatic carbocycles. The Morgan fingerprint density at radius 2 is 1.75 bits per heavy atom. The van der Waals surface area contributed by atoms with Crippen LogP contribution < -0.4 is 15.2 Å². The summed E-state index contributed by atoms with van der Waals surface area (Å²) in [5, 5.41) is 0. The SMILES string of the molecule is COc1cc(C[C@@H](C)N)c(OC)cc1C.Cl. The molecule has 0 radical (unpaired) electrons. The van der Waals surface area contributed by atoms with E-state index in [0.717, 1.165) is 29.0 Å². The Hall–Kier alpha value is -0.930. The third-order valence-corrected chi connectivity index (χ3v) is 2.34. The van der Waals surface area contributed by atoms with Crippen molar-refractivity contribution in [3.05, 3.63) is 23.3 Å². The van der Waals surface area contributed by atoms with E-state index in [0.29, 0.717) is 0 Å². The maximum atomic E-state index is 5.78. The molecule has 4 heteroatoms. The Kier molecular flexibility index (Phi) is 6.22. The van der Waals surface area contributed by atoms with Crippen LogP contribution in [0.15, 0.2) is 12.1 Å². The van der Waals surface area contributed by atoms with Crippen LogP contribution in [0, 0.1) is 6.92 Å². The van der Waals surface area contributed by atoms with Crippen molar-refractivity contribution in [1.82, 2.24) is 0 Å². The maximum absolute atomic E-state index is 5.78. The van der Waals surface area contributed by atoms with E-state index in [1.807, 2.05) is 26.0 Å². The molecule has 0 amide bonds. The standard InChI is InChI=1S/C12H19NO2.ClH/c1-8-5-12(15-4)10(6-9(2)13)7-11(8)14-3;/h5,7,9H,6,13H2,1-4H3;1H/t9-;/m1./s1. The smallest absolute Gasteiger partial charge is 0.122 e. The van der Waals surface area contributed by atoms with E-state index in [9.17, 15) is 0 Å². The molecular weight excluding hydrogens is 226 g/mol. The van der Waals surface area contributed by atoms with Crippen LogP contribution in [0.4, 0.5) is 0 Å². The van der Waals surface area contributed by atoms with E-state index < -0.39 is 0 Å². The van der Waals surface area contributed by atoms with E-state index in [-0.39, 0.29) is 18.4 Å². The molecule has 1 aromatic rings. The van der Waals surface area contributed by atoms with Crippen molar-refractivity contribution in [1.29, 1.82) is 0 Å². The summed E-state index contributed by atoms with van der Waals surface area (Å²) >= 11 is 0. The molecule has 0 aliphatic rings. The third-order valence-electron chi connectivity index (χ3n) is 2.34. The van der Waals surface area contributed by atoms with Gasteiger partial charge in [0.1, 0.15) is 11.5 Å². The van der Waals surface area contributed by atoms with E-state index in [2.05, 4.69) is 0 Å². The van der Waals surface area contributed by atoms with Gasteiger partial charge in [-0.25, -0.2) is 0 Å². The molecule has 0 aromatic heterocycles. The second kappa shape index (κ2) is 6.61. The van der Waals surface area contributed by atoms with Gasteiger partial charge in [-0.05, 0) is 43.5 Å². The zero-order chi connectivity index (χ0) is 11.4. The van der Waals surface area contributed by atoms with E-state index in [1.54, 1.807) is 14.2 Å². The zero-order valence-electron chi connectivity index (χ0n) is 10.2. The largest absolute Gasteiger partial charge is 0.496 e. The van der Waals surface area contributed by atoms with Gasteiger partial charge in [0.25, 0.3) is 0 Å². The lowest BCUT2D eigenvalue weighted by atomic mass is 10.0. The molecule has 0 fully saturated rings. The fourth-order valence-corrected chi connectivity index (χ4v) is 1.62. The zero-order valence-corrected chi connectivity index (χ0v) is 11.1.